The largest absolute Gasteiger partial charge is 0.320 e. The molecule has 1 heterocycles. The lowest BCUT2D eigenvalue weighted by atomic mass is 10.3. The Balaban J connectivity index is 2.81. The summed E-state index contributed by atoms with van der Waals surface area (Å²) in [7, 11) is 2.01. The van der Waals surface area contributed by atoms with Crippen LogP contribution < -0.4 is 4.80 Å². The summed E-state index contributed by atoms with van der Waals surface area (Å²) in [6.07, 6.45) is 0. The van der Waals surface area contributed by atoms with E-state index in [-0.39, 0.29) is 0 Å². The van der Waals surface area contributed by atoms with Gasteiger partial charge in [-0.15, -0.1) is 0 Å². The molecule has 2 rings (SSSR count). The molecule has 0 atom stereocenters. The molecular weight excluding hydrogens is 212 g/mol. The highest BCUT2D eigenvalue weighted by atomic mass is 32.1. The first-order chi connectivity index (χ1) is 6.68. The molecule has 72 valence electrons. The molecule has 0 saturated heterocycles. The van der Waals surface area contributed by atoms with E-state index in [1.54, 1.807) is 11.3 Å². The molecule has 0 saturated carbocycles. The molecule has 0 radical (unpaired) electrons. The van der Waals surface area contributed by atoms with Crippen LogP contribution >= 0.6 is 23.6 Å². The zero-order valence-electron chi connectivity index (χ0n) is 8.02. The maximum Gasteiger partial charge on any atom is 0.191 e. The highest BCUT2D eigenvalue weighted by Gasteiger charge is 2.00. The molecule has 0 bridgehead atoms. The normalized spacial score (nSPS) is 12.3. The van der Waals surface area contributed by atoms with Crippen LogP contribution in [0.3, 0.4) is 0 Å². The van der Waals surface area contributed by atoms with Gasteiger partial charge >= 0.3 is 0 Å². The SMILES string of the molecule is CC(=S)N=c1sc2ccccc2n1C. The number of aryl methyl sites for hydroxylation is 1. The monoisotopic (exact) mass is 222 g/mol. The van der Waals surface area contributed by atoms with Crippen LogP contribution in [0.4, 0.5) is 0 Å². The molecule has 0 amide bonds. The molecule has 2 nitrogen and oxygen atoms in total. The first-order valence-corrected chi connectivity index (χ1v) is 5.51. The van der Waals surface area contributed by atoms with E-state index in [1.807, 2.05) is 26.1 Å². The molecule has 0 aliphatic carbocycles. The van der Waals surface area contributed by atoms with E-state index >= 15 is 0 Å². The lowest BCUT2D eigenvalue weighted by Crippen LogP contribution is -2.11. The maximum absolute atomic E-state index is 4.97. The average molecular weight is 222 g/mol. The van der Waals surface area contributed by atoms with Crippen molar-refractivity contribution >= 4 is 38.8 Å². The minimum absolute atomic E-state index is 0.673. The number of thiazole rings is 1. The van der Waals surface area contributed by atoms with Gasteiger partial charge in [0, 0.05) is 7.05 Å². The van der Waals surface area contributed by atoms with E-state index in [0.29, 0.717) is 4.99 Å². The number of thiocarbonyl (C=S) groups is 1. The van der Waals surface area contributed by atoms with Crippen LogP contribution in [0.1, 0.15) is 6.92 Å². The molecule has 0 unspecified atom stereocenters. The van der Waals surface area contributed by atoms with Gasteiger partial charge < -0.3 is 4.57 Å². The molecule has 2 aromatic rings. The second-order valence-electron chi connectivity index (χ2n) is 3.04. The molecule has 0 spiro atoms. The van der Waals surface area contributed by atoms with E-state index < -0.39 is 0 Å². The van der Waals surface area contributed by atoms with Crippen molar-refractivity contribution in [2.75, 3.05) is 0 Å². The van der Waals surface area contributed by atoms with Crippen LogP contribution in [0.5, 0.6) is 0 Å². The van der Waals surface area contributed by atoms with E-state index in [9.17, 15) is 0 Å². The Kier molecular flexibility index (Phi) is 2.48. The number of hydrogen-bond acceptors (Lipinski definition) is 2. The Labute approximate surface area is 91.5 Å². The number of benzene rings is 1. The Bertz CT molecular complexity index is 548. The van der Waals surface area contributed by atoms with Crippen LogP contribution in [0.25, 0.3) is 10.2 Å². The van der Waals surface area contributed by atoms with Crippen molar-refractivity contribution in [2.45, 2.75) is 6.92 Å². The minimum Gasteiger partial charge on any atom is -0.320 e. The van der Waals surface area contributed by atoms with Crippen LogP contribution in [0.15, 0.2) is 29.3 Å². The second-order valence-corrected chi connectivity index (χ2v) is 4.64. The number of aromatic nitrogens is 1. The van der Waals surface area contributed by atoms with Crippen LogP contribution in [0, 0.1) is 0 Å². The van der Waals surface area contributed by atoms with Gasteiger partial charge in [0.05, 0.1) is 10.2 Å². The zero-order chi connectivity index (χ0) is 10.1. The molecular formula is C10H10N2S2. The second kappa shape index (κ2) is 3.63. The summed E-state index contributed by atoms with van der Waals surface area (Å²) in [4.78, 5) is 5.94. The molecule has 0 N–H and O–H groups in total. The third kappa shape index (κ3) is 1.63. The first-order valence-electron chi connectivity index (χ1n) is 4.28. The fourth-order valence-corrected chi connectivity index (χ4v) is 2.54. The first kappa shape index (κ1) is 9.55. The molecule has 0 aliphatic rings. The predicted molar refractivity (Wildman–Crippen MR) is 64.6 cm³/mol. The average Bonchev–Trinajstić information content (AvgIpc) is 2.44. The van der Waals surface area contributed by atoms with Gasteiger partial charge in [-0.1, -0.05) is 35.7 Å². The Hall–Kier alpha value is -1.00. The number of fused-ring (bicyclic) bond motifs is 1. The van der Waals surface area contributed by atoms with Gasteiger partial charge in [0.2, 0.25) is 0 Å². The van der Waals surface area contributed by atoms with Gasteiger partial charge in [-0.25, -0.2) is 4.99 Å². The summed E-state index contributed by atoms with van der Waals surface area (Å²) < 4.78 is 3.31. The standard InChI is InChI=1S/C10H10N2S2/c1-7(13)11-10-12(2)8-5-3-4-6-9(8)14-10/h3-6H,1-2H3. The zero-order valence-corrected chi connectivity index (χ0v) is 9.65. The lowest BCUT2D eigenvalue weighted by Gasteiger charge is -1.93. The highest BCUT2D eigenvalue weighted by Crippen LogP contribution is 2.14. The van der Waals surface area contributed by atoms with Gasteiger partial charge in [-0.05, 0) is 19.1 Å². The Morgan fingerprint density at radius 3 is 2.79 bits per heavy atom. The van der Waals surface area contributed by atoms with Crippen molar-refractivity contribution in [1.82, 2.24) is 4.57 Å². The topological polar surface area (TPSA) is 17.3 Å². The summed E-state index contributed by atoms with van der Waals surface area (Å²) in [6.45, 7) is 1.83. The third-order valence-electron chi connectivity index (χ3n) is 1.97. The van der Waals surface area contributed by atoms with Gasteiger partial charge in [-0.2, -0.15) is 0 Å². The van der Waals surface area contributed by atoms with Gasteiger partial charge in [0.1, 0.15) is 4.99 Å². The molecule has 0 aliphatic heterocycles. The van der Waals surface area contributed by atoms with Crippen LogP contribution in [-0.4, -0.2) is 9.56 Å². The minimum atomic E-state index is 0.673. The maximum atomic E-state index is 4.97. The summed E-state index contributed by atoms with van der Waals surface area (Å²) in [5.74, 6) is 0. The van der Waals surface area contributed by atoms with Crippen molar-refractivity contribution < 1.29 is 0 Å². The van der Waals surface area contributed by atoms with E-state index in [0.717, 1.165) is 4.80 Å². The van der Waals surface area contributed by atoms with Crippen molar-refractivity contribution in [2.24, 2.45) is 12.0 Å². The number of rotatable bonds is 0. The smallest absolute Gasteiger partial charge is 0.191 e. The molecule has 1 aromatic heterocycles. The highest BCUT2D eigenvalue weighted by molar-refractivity contribution is 7.80. The third-order valence-corrected chi connectivity index (χ3v) is 3.17. The van der Waals surface area contributed by atoms with Crippen LogP contribution in [-0.2, 0) is 7.05 Å². The number of hydrogen-bond donors (Lipinski definition) is 0. The van der Waals surface area contributed by atoms with Gasteiger partial charge in [0.15, 0.2) is 4.80 Å². The van der Waals surface area contributed by atoms with E-state index in [4.69, 9.17) is 12.2 Å². The molecule has 4 heteroatoms. The fourth-order valence-electron chi connectivity index (χ4n) is 1.32. The van der Waals surface area contributed by atoms with E-state index in [1.165, 1.54) is 10.2 Å². The molecule has 14 heavy (non-hydrogen) atoms. The van der Waals surface area contributed by atoms with Gasteiger partial charge in [-0.3, -0.25) is 0 Å². The lowest BCUT2D eigenvalue weighted by molar-refractivity contribution is 0.917. The Morgan fingerprint density at radius 1 is 1.43 bits per heavy atom. The predicted octanol–water partition coefficient (Wildman–Crippen LogP) is 2.49. The summed E-state index contributed by atoms with van der Waals surface area (Å²) in [6, 6.07) is 8.25. The van der Waals surface area contributed by atoms with Gasteiger partial charge in [0.25, 0.3) is 0 Å². The Morgan fingerprint density at radius 2 is 2.14 bits per heavy atom. The van der Waals surface area contributed by atoms with Crippen molar-refractivity contribution in [3.8, 4) is 0 Å². The van der Waals surface area contributed by atoms with Crippen LogP contribution in [0.2, 0.25) is 0 Å². The summed E-state index contributed by atoms with van der Waals surface area (Å²) in [5.41, 5.74) is 1.20. The fraction of sp³-hybridized carbons (Fsp3) is 0.200. The number of para-hydroxylation sites is 1. The summed E-state index contributed by atoms with van der Waals surface area (Å²) >= 11 is 6.63. The van der Waals surface area contributed by atoms with Crippen molar-refractivity contribution in [3.63, 3.8) is 0 Å². The molecule has 1 aromatic carbocycles. The van der Waals surface area contributed by atoms with Crippen molar-refractivity contribution in [3.05, 3.63) is 29.1 Å². The van der Waals surface area contributed by atoms with Crippen molar-refractivity contribution in [1.29, 1.82) is 0 Å². The van der Waals surface area contributed by atoms with E-state index in [2.05, 4.69) is 21.7 Å². The number of nitrogens with zero attached hydrogens (tertiary/aromatic N) is 2. The quantitative estimate of drug-likeness (QED) is 0.626. The molecule has 0 fully saturated rings. The summed E-state index contributed by atoms with van der Waals surface area (Å²) in [5, 5.41) is 0.